The lowest BCUT2D eigenvalue weighted by Crippen LogP contribution is -2.42. The zero-order chi connectivity index (χ0) is 58.1. The first-order valence-corrected chi connectivity index (χ1v) is 31.0. The summed E-state index contributed by atoms with van der Waals surface area (Å²) < 4.78 is 11.7. The van der Waals surface area contributed by atoms with Crippen molar-refractivity contribution >= 4 is 23.7 Å². The molecule has 2 amide bonds. The number of hydrogen-bond acceptors (Lipinski definition) is 12. The smallest absolute Gasteiger partial charge is 0.253 e. The molecule has 3 atom stereocenters. The predicted molar refractivity (Wildman–Crippen MR) is 330 cm³/mol. The number of aromatic nitrogens is 3. The van der Waals surface area contributed by atoms with E-state index in [-0.39, 0.29) is 48.1 Å². The maximum Gasteiger partial charge on any atom is 0.253 e. The number of aliphatic imine (C=N–C) groups is 1. The maximum absolute atomic E-state index is 14.6. The van der Waals surface area contributed by atoms with Gasteiger partial charge in [0.15, 0.2) is 0 Å². The van der Waals surface area contributed by atoms with Crippen molar-refractivity contribution in [3.63, 3.8) is 0 Å². The normalized spacial score (nSPS) is 21.2. The lowest BCUT2D eigenvalue weighted by Gasteiger charge is -2.41. The number of pyridine rings is 3. The fourth-order valence-electron chi connectivity index (χ4n) is 13.8. The Balaban J connectivity index is 0.845. The number of aromatic amines is 2. The SMILES string of the molecule is CCN(c1cc(-c2ccc(CN3CCC(CCN(C4=C(C)C(C(=O)NCc5c(C)cc(C)[nH]c5=O)CC(C5=CCC(CN6CCCCC6)N=C5)=C4)C4CCOCC4)C3)nc2)cc(C(=O)NCc2c(C)cc(C)[nH]c2=O)c1C)C1CCOCC1. The van der Waals surface area contributed by atoms with Crippen molar-refractivity contribution in [1.29, 1.82) is 0 Å². The number of aryl methyl sites for hydroxylation is 4. The van der Waals surface area contributed by atoms with Gasteiger partial charge in [0.05, 0.1) is 17.7 Å². The number of benzene rings is 1. The summed E-state index contributed by atoms with van der Waals surface area (Å²) in [4.78, 5) is 80.9. The van der Waals surface area contributed by atoms with Crippen LogP contribution >= 0.6 is 0 Å². The summed E-state index contributed by atoms with van der Waals surface area (Å²) in [5.74, 6) is -0.188. The summed E-state index contributed by atoms with van der Waals surface area (Å²) in [6.45, 7) is 24.7. The molecule has 4 aromatic rings. The van der Waals surface area contributed by atoms with E-state index >= 15 is 0 Å². The molecule has 16 heteroatoms. The van der Waals surface area contributed by atoms with Gasteiger partial charge in [-0.05, 0) is 214 Å². The van der Waals surface area contributed by atoms with Crippen molar-refractivity contribution in [2.75, 3.05) is 77.1 Å². The minimum absolute atomic E-state index is 0.0600. The average Bonchev–Trinajstić information content (AvgIpc) is 4.10. The van der Waals surface area contributed by atoms with Crippen LogP contribution in [0.4, 0.5) is 5.69 Å². The number of dihydropyridines is 1. The summed E-state index contributed by atoms with van der Waals surface area (Å²) in [7, 11) is 0. The van der Waals surface area contributed by atoms with E-state index in [2.05, 4.69) is 90.6 Å². The molecule has 0 bridgehead atoms. The lowest BCUT2D eigenvalue weighted by atomic mass is 9.81. The summed E-state index contributed by atoms with van der Waals surface area (Å²) >= 11 is 0. The Bertz CT molecular complexity index is 3210. The second-order valence-electron chi connectivity index (χ2n) is 24.5. The number of rotatable bonds is 20. The second kappa shape index (κ2) is 27.5. The van der Waals surface area contributed by atoms with Crippen molar-refractivity contribution in [2.45, 2.75) is 157 Å². The number of carbonyl (C=O) groups excluding carboxylic acids is 2. The van der Waals surface area contributed by atoms with Crippen LogP contribution in [0, 0.1) is 46.5 Å². The number of likely N-dealkylation sites (tertiary alicyclic amines) is 2. The molecule has 0 spiro atoms. The number of amides is 2. The molecule has 5 aliphatic heterocycles. The standard InChI is InChI=1S/C67H90N10O6/c1-8-76(56-18-26-82-27-19-56)62-34-52(32-58(47(62)6)64(78)70-38-60-43(2)30-45(4)72-66(60)80)50-13-15-55(69-37-50)42-75-24-16-49(40-75)17-25-77(57-20-28-83-29-21-57)63-35-53(51-12-14-54(68-36-51)41-74-22-10-9-11-23-74)33-59(48(63)7)65(79)71-39-61-44(3)31-46(5)73-67(61)81/h12-13,15,30-32,34-37,49,54,56-57,59H,8-11,14,16-29,33,38-42H2,1-7H3,(H,70,78)(H,71,79)(H,72,80)(H,73,81). The molecule has 4 fully saturated rings. The van der Waals surface area contributed by atoms with Gasteiger partial charge in [0.2, 0.25) is 5.91 Å². The van der Waals surface area contributed by atoms with Gasteiger partial charge in [0.1, 0.15) is 0 Å². The van der Waals surface area contributed by atoms with Crippen LogP contribution in [0.1, 0.15) is 140 Å². The van der Waals surface area contributed by atoms with Gasteiger partial charge in [-0.3, -0.25) is 34.1 Å². The van der Waals surface area contributed by atoms with Gasteiger partial charge in [-0.25, -0.2) is 0 Å². The highest BCUT2D eigenvalue weighted by Crippen LogP contribution is 2.39. The number of allylic oxidation sites excluding steroid dienone is 3. The van der Waals surface area contributed by atoms with Crippen molar-refractivity contribution in [2.24, 2.45) is 16.8 Å². The maximum atomic E-state index is 14.6. The first-order chi connectivity index (χ1) is 40.2. The van der Waals surface area contributed by atoms with Gasteiger partial charge in [0, 0.05) is 142 Å². The van der Waals surface area contributed by atoms with Gasteiger partial charge < -0.3 is 44.8 Å². The van der Waals surface area contributed by atoms with Crippen LogP contribution in [0.5, 0.6) is 0 Å². The molecule has 16 nitrogen and oxygen atoms in total. The number of carbonyl (C=O) groups is 2. The molecule has 3 unspecified atom stereocenters. The van der Waals surface area contributed by atoms with E-state index in [1.54, 1.807) is 0 Å². The quantitative estimate of drug-likeness (QED) is 0.0663. The topological polar surface area (TPSA) is 181 Å². The van der Waals surface area contributed by atoms with Crippen LogP contribution in [0.25, 0.3) is 11.1 Å². The third kappa shape index (κ3) is 14.6. The molecule has 6 aliphatic rings. The van der Waals surface area contributed by atoms with Crippen molar-refractivity contribution in [3.8, 4) is 11.1 Å². The highest BCUT2D eigenvalue weighted by Gasteiger charge is 2.35. The Kier molecular flexibility index (Phi) is 19.8. The fourth-order valence-corrected chi connectivity index (χ4v) is 13.8. The third-order valence-electron chi connectivity index (χ3n) is 18.7. The molecule has 10 rings (SSSR count). The van der Waals surface area contributed by atoms with Gasteiger partial charge in [0.25, 0.3) is 17.0 Å². The minimum Gasteiger partial charge on any atom is -0.381 e. The number of anilines is 1. The fraction of sp³-hybridized carbons (Fsp3) is 0.552. The zero-order valence-corrected chi connectivity index (χ0v) is 50.5. The van der Waals surface area contributed by atoms with Crippen molar-refractivity contribution in [3.05, 3.63) is 148 Å². The molecule has 8 heterocycles. The summed E-state index contributed by atoms with van der Waals surface area (Å²) in [6, 6.07) is 13.2. The first kappa shape index (κ1) is 59.7. The molecule has 3 aromatic heterocycles. The average molecular weight is 1130 g/mol. The van der Waals surface area contributed by atoms with Crippen LogP contribution in [0.15, 0.2) is 91.7 Å². The van der Waals surface area contributed by atoms with Gasteiger partial charge in [-0.15, -0.1) is 0 Å². The van der Waals surface area contributed by atoms with Crippen LogP contribution in [0.2, 0.25) is 0 Å². The molecule has 1 aliphatic carbocycles. The third-order valence-corrected chi connectivity index (χ3v) is 18.7. The van der Waals surface area contributed by atoms with Crippen LogP contribution in [-0.2, 0) is 33.9 Å². The minimum atomic E-state index is -0.400. The molecule has 444 valence electrons. The number of hydrogen-bond donors (Lipinski definition) is 4. The molecular formula is C67H90N10O6. The Hall–Kier alpha value is -6.46. The molecule has 4 N–H and O–H groups in total. The number of nitrogens with one attached hydrogen (secondary N) is 4. The highest BCUT2D eigenvalue weighted by molar-refractivity contribution is 5.99. The van der Waals surface area contributed by atoms with E-state index in [4.69, 9.17) is 19.5 Å². The monoisotopic (exact) mass is 1130 g/mol. The summed E-state index contributed by atoms with van der Waals surface area (Å²) in [5, 5.41) is 6.30. The number of H-pyrrole nitrogens is 2. The molecular weight excluding hydrogens is 1040 g/mol. The van der Waals surface area contributed by atoms with Crippen molar-refractivity contribution in [1.82, 2.24) is 40.3 Å². The van der Waals surface area contributed by atoms with Crippen molar-refractivity contribution < 1.29 is 19.1 Å². The number of ether oxygens (including phenoxy) is 2. The van der Waals surface area contributed by atoms with Crippen LogP contribution < -0.4 is 26.7 Å². The van der Waals surface area contributed by atoms with E-state index in [0.29, 0.717) is 61.5 Å². The largest absolute Gasteiger partial charge is 0.381 e. The van der Waals surface area contributed by atoms with Gasteiger partial charge in [-0.2, -0.15) is 0 Å². The van der Waals surface area contributed by atoms with E-state index in [1.807, 2.05) is 59.0 Å². The Morgan fingerprint density at radius 3 is 2.04 bits per heavy atom. The molecule has 4 saturated heterocycles. The van der Waals surface area contributed by atoms with E-state index < -0.39 is 5.92 Å². The first-order valence-electron chi connectivity index (χ1n) is 31.0. The zero-order valence-electron chi connectivity index (χ0n) is 50.5. The van der Waals surface area contributed by atoms with Crippen LogP contribution in [0.3, 0.4) is 0 Å². The summed E-state index contributed by atoms with van der Waals surface area (Å²) in [5.41, 5.74) is 14.0. The Labute approximate surface area is 491 Å². The van der Waals surface area contributed by atoms with Gasteiger partial charge in [-0.1, -0.05) is 18.6 Å². The van der Waals surface area contributed by atoms with Crippen LogP contribution in [-0.4, -0.2) is 138 Å². The number of piperidine rings is 1. The number of nitrogens with zero attached hydrogens (tertiary/aromatic N) is 6. The van der Waals surface area contributed by atoms with E-state index in [0.717, 1.165) is 170 Å². The summed E-state index contributed by atoms with van der Waals surface area (Å²) in [6.07, 6.45) is 19.9. The Morgan fingerprint density at radius 1 is 0.759 bits per heavy atom. The predicted octanol–water partition coefficient (Wildman–Crippen LogP) is 9.09. The Morgan fingerprint density at radius 2 is 1.42 bits per heavy atom. The van der Waals surface area contributed by atoms with Gasteiger partial charge >= 0.3 is 0 Å². The highest BCUT2D eigenvalue weighted by atomic mass is 16.5. The molecule has 83 heavy (non-hydrogen) atoms. The lowest BCUT2D eigenvalue weighted by molar-refractivity contribution is -0.124. The van der Waals surface area contributed by atoms with E-state index in [9.17, 15) is 19.2 Å². The molecule has 1 aromatic carbocycles. The second-order valence-corrected chi connectivity index (χ2v) is 24.5. The van der Waals surface area contributed by atoms with E-state index in [1.165, 1.54) is 19.3 Å². The molecule has 0 radical (unpaired) electrons. The molecule has 0 saturated carbocycles.